The van der Waals surface area contributed by atoms with Gasteiger partial charge in [-0.1, -0.05) is 17.7 Å². The maximum atomic E-state index is 13.3. The van der Waals surface area contributed by atoms with E-state index in [1.165, 1.54) is 24.3 Å². The zero-order valence-corrected chi connectivity index (χ0v) is 17.6. The lowest BCUT2D eigenvalue weighted by atomic mass is 10.1. The van der Waals surface area contributed by atoms with Gasteiger partial charge in [-0.3, -0.25) is 14.5 Å². The maximum Gasteiger partial charge on any atom is 0.416 e. The standard InChI is InChI=1S/C22H20ClF4N3O2/c23-19-9-15(24)4-5-18(19)21(32)30-7-6-29-11-16(10-17(29)12-30)28-20(31)13-2-1-3-14(8-13)22(25,26)27/h1-5,8-9,16-17H,6-7,10-12H2,(H,28,31)/t16-,17-/m0/s1. The predicted octanol–water partition coefficient (Wildman–Crippen LogP) is 3.83. The molecule has 5 nitrogen and oxygen atoms in total. The van der Waals surface area contributed by atoms with Gasteiger partial charge in [0.05, 0.1) is 16.1 Å². The zero-order chi connectivity index (χ0) is 23.0. The second kappa shape index (κ2) is 8.71. The van der Waals surface area contributed by atoms with Crippen LogP contribution in [0.5, 0.6) is 0 Å². The molecule has 1 N–H and O–H groups in total. The molecule has 2 heterocycles. The summed E-state index contributed by atoms with van der Waals surface area (Å²) in [5.41, 5.74) is -0.691. The lowest BCUT2D eigenvalue weighted by Crippen LogP contribution is -2.52. The monoisotopic (exact) mass is 469 g/mol. The highest BCUT2D eigenvalue weighted by atomic mass is 35.5. The third-order valence-electron chi connectivity index (χ3n) is 5.85. The number of amides is 2. The number of piperazine rings is 1. The first kappa shape index (κ1) is 22.5. The average molecular weight is 470 g/mol. The van der Waals surface area contributed by atoms with E-state index in [-0.39, 0.29) is 34.1 Å². The summed E-state index contributed by atoms with van der Waals surface area (Å²) < 4.78 is 52.0. The maximum absolute atomic E-state index is 13.3. The molecule has 0 bridgehead atoms. The number of benzene rings is 2. The van der Waals surface area contributed by atoms with Crippen LogP contribution in [-0.4, -0.2) is 59.9 Å². The molecule has 2 aliphatic rings. The quantitative estimate of drug-likeness (QED) is 0.695. The van der Waals surface area contributed by atoms with Crippen molar-refractivity contribution in [3.8, 4) is 0 Å². The van der Waals surface area contributed by atoms with Gasteiger partial charge in [-0.05, 0) is 42.8 Å². The van der Waals surface area contributed by atoms with Crippen LogP contribution in [0.15, 0.2) is 42.5 Å². The van der Waals surface area contributed by atoms with Crippen LogP contribution in [0.4, 0.5) is 17.6 Å². The van der Waals surface area contributed by atoms with E-state index in [9.17, 15) is 27.2 Å². The van der Waals surface area contributed by atoms with Gasteiger partial charge in [0, 0.05) is 43.8 Å². The molecule has 2 atom stereocenters. The Kier molecular flexibility index (Phi) is 6.13. The number of nitrogens with one attached hydrogen (secondary N) is 1. The molecule has 2 aromatic carbocycles. The molecule has 0 aliphatic carbocycles. The molecule has 2 aliphatic heterocycles. The molecule has 4 rings (SSSR count). The zero-order valence-electron chi connectivity index (χ0n) is 16.8. The van der Waals surface area contributed by atoms with Crippen LogP contribution in [-0.2, 0) is 6.18 Å². The molecule has 10 heteroatoms. The Balaban J connectivity index is 1.38. The smallest absolute Gasteiger partial charge is 0.348 e. The fourth-order valence-corrected chi connectivity index (χ4v) is 4.52. The number of alkyl halides is 3. The second-order valence-electron chi connectivity index (χ2n) is 8.01. The lowest BCUT2D eigenvalue weighted by Gasteiger charge is -2.37. The Labute approximate surface area is 186 Å². The van der Waals surface area contributed by atoms with Gasteiger partial charge >= 0.3 is 6.18 Å². The number of rotatable bonds is 3. The van der Waals surface area contributed by atoms with Crippen molar-refractivity contribution in [1.29, 1.82) is 0 Å². The average Bonchev–Trinajstić information content (AvgIpc) is 3.14. The molecule has 2 fully saturated rings. The van der Waals surface area contributed by atoms with Gasteiger partial charge in [0.2, 0.25) is 0 Å². The summed E-state index contributed by atoms with van der Waals surface area (Å²) in [4.78, 5) is 29.1. The third kappa shape index (κ3) is 4.73. The van der Waals surface area contributed by atoms with E-state index < -0.39 is 23.5 Å². The van der Waals surface area contributed by atoms with Crippen molar-refractivity contribution in [3.05, 3.63) is 70.0 Å². The first-order valence-electron chi connectivity index (χ1n) is 10.1. The largest absolute Gasteiger partial charge is 0.416 e. The van der Waals surface area contributed by atoms with Crippen LogP contribution < -0.4 is 5.32 Å². The van der Waals surface area contributed by atoms with Crippen LogP contribution in [0, 0.1) is 5.82 Å². The molecular weight excluding hydrogens is 450 g/mol. The van der Waals surface area contributed by atoms with Gasteiger partial charge in [-0.15, -0.1) is 0 Å². The summed E-state index contributed by atoms with van der Waals surface area (Å²) in [7, 11) is 0. The molecule has 2 aromatic rings. The highest BCUT2D eigenvalue weighted by Gasteiger charge is 2.38. The van der Waals surface area contributed by atoms with Crippen molar-refractivity contribution in [1.82, 2.24) is 15.1 Å². The summed E-state index contributed by atoms with van der Waals surface area (Å²) in [6.45, 7) is 2.01. The molecular formula is C22H20ClF4N3O2. The second-order valence-corrected chi connectivity index (χ2v) is 8.42. The fourth-order valence-electron chi connectivity index (χ4n) is 4.27. The van der Waals surface area contributed by atoms with Gasteiger partial charge in [0.1, 0.15) is 5.82 Å². The van der Waals surface area contributed by atoms with Gasteiger partial charge in [0.25, 0.3) is 11.8 Å². The number of halogens is 5. The Morgan fingerprint density at radius 2 is 1.84 bits per heavy atom. The van der Waals surface area contributed by atoms with Crippen LogP contribution in [0.2, 0.25) is 5.02 Å². The summed E-state index contributed by atoms with van der Waals surface area (Å²) in [5, 5.41) is 2.86. The molecule has 2 amide bonds. The molecule has 2 saturated heterocycles. The Bertz CT molecular complexity index is 1050. The minimum Gasteiger partial charge on any atom is -0.348 e. The van der Waals surface area contributed by atoms with Crippen molar-refractivity contribution in [3.63, 3.8) is 0 Å². The van der Waals surface area contributed by atoms with Gasteiger partial charge < -0.3 is 10.2 Å². The Morgan fingerprint density at radius 1 is 1.06 bits per heavy atom. The highest BCUT2D eigenvalue weighted by Crippen LogP contribution is 2.30. The molecule has 0 radical (unpaired) electrons. The first-order chi connectivity index (χ1) is 15.1. The lowest BCUT2D eigenvalue weighted by molar-refractivity contribution is -0.137. The summed E-state index contributed by atoms with van der Waals surface area (Å²) in [6.07, 6.45) is -3.96. The number of carbonyl (C=O) groups is 2. The van der Waals surface area contributed by atoms with Crippen molar-refractivity contribution in [2.45, 2.75) is 24.7 Å². The van der Waals surface area contributed by atoms with Crippen LogP contribution in [0.3, 0.4) is 0 Å². The van der Waals surface area contributed by atoms with Crippen LogP contribution in [0.1, 0.15) is 32.7 Å². The fraction of sp³-hybridized carbons (Fsp3) is 0.364. The van der Waals surface area contributed by atoms with E-state index in [2.05, 4.69) is 10.2 Å². The predicted molar refractivity (Wildman–Crippen MR) is 110 cm³/mol. The summed E-state index contributed by atoms with van der Waals surface area (Å²) >= 11 is 6.02. The van der Waals surface area contributed by atoms with Crippen LogP contribution in [0.25, 0.3) is 0 Å². The van der Waals surface area contributed by atoms with E-state index in [1.54, 1.807) is 4.90 Å². The summed E-state index contributed by atoms with van der Waals surface area (Å²) in [6, 6.07) is 7.71. The Morgan fingerprint density at radius 3 is 2.56 bits per heavy atom. The summed E-state index contributed by atoms with van der Waals surface area (Å²) in [5.74, 6) is -1.37. The minimum absolute atomic E-state index is 0.00117. The molecule has 0 aromatic heterocycles. The molecule has 0 spiro atoms. The third-order valence-corrected chi connectivity index (χ3v) is 6.16. The molecule has 170 valence electrons. The Hall–Kier alpha value is -2.65. The number of hydrogen-bond acceptors (Lipinski definition) is 3. The van der Waals surface area contributed by atoms with Crippen molar-refractivity contribution < 1.29 is 27.2 Å². The number of hydrogen-bond donors (Lipinski definition) is 1. The molecule has 0 unspecified atom stereocenters. The minimum atomic E-state index is -4.52. The number of fused-ring (bicyclic) bond motifs is 1. The van der Waals surface area contributed by atoms with Gasteiger partial charge in [-0.2, -0.15) is 13.2 Å². The first-order valence-corrected chi connectivity index (χ1v) is 10.5. The van der Waals surface area contributed by atoms with Crippen LogP contribution >= 0.6 is 11.6 Å². The topological polar surface area (TPSA) is 52.7 Å². The van der Waals surface area contributed by atoms with Crippen molar-refractivity contribution in [2.75, 3.05) is 26.2 Å². The van der Waals surface area contributed by atoms with E-state index in [4.69, 9.17) is 11.6 Å². The number of nitrogens with zero attached hydrogens (tertiary/aromatic N) is 2. The van der Waals surface area contributed by atoms with E-state index in [0.29, 0.717) is 32.6 Å². The van der Waals surface area contributed by atoms with Gasteiger partial charge in [0.15, 0.2) is 0 Å². The van der Waals surface area contributed by atoms with Crippen molar-refractivity contribution in [2.24, 2.45) is 0 Å². The van der Waals surface area contributed by atoms with E-state index >= 15 is 0 Å². The van der Waals surface area contributed by atoms with E-state index in [0.717, 1.165) is 18.2 Å². The van der Waals surface area contributed by atoms with Gasteiger partial charge in [-0.25, -0.2) is 4.39 Å². The van der Waals surface area contributed by atoms with Crippen molar-refractivity contribution >= 4 is 23.4 Å². The normalized spacial score (nSPS) is 21.3. The molecule has 32 heavy (non-hydrogen) atoms. The molecule has 0 saturated carbocycles. The SMILES string of the molecule is O=C(N[C@H]1C[C@H]2CN(C(=O)c3ccc(F)cc3Cl)CCN2C1)c1cccc(C(F)(F)F)c1. The van der Waals surface area contributed by atoms with E-state index in [1.807, 2.05) is 0 Å². The number of carbonyl (C=O) groups excluding carboxylic acids is 2. The highest BCUT2D eigenvalue weighted by molar-refractivity contribution is 6.33.